The Morgan fingerprint density at radius 2 is 1.52 bits per heavy atom. The fourth-order valence-corrected chi connectivity index (χ4v) is 6.30. The lowest BCUT2D eigenvalue weighted by Gasteiger charge is -2.27. The van der Waals surface area contributed by atoms with Crippen LogP contribution in [0.15, 0.2) is 65.3 Å². The number of amides is 1. The number of nitrogens with zero attached hydrogens (tertiary/aromatic N) is 3. The number of benzene rings is 2. The van der Waals surface area contributed by atoms with Gasteiger partial charge in [-0.3, -0.25) is 4.90 Å². The van der Waals surface area contributed by atoms with Crippen LogP contribution in [0.4, 0.5) is 4.79 Å². The van der Waals surface area contributed by atoms with Crippen molar-refractivity contribution in [2.45, 2.75) is 76.9 Å². The lowest BCUT2D eigenvalue weighted by molar-refractivity contribution is 0.0218. The summed E-state index contributed by atoms with van der Waals surface area (Å²) >= 11 is 0. The zero-order chi connectivity index (χ0) is 28.8. The zero-order valence-electron chi connectivity index (χ0n) is 24.4. The summed E-state index contributed by atoms with van der Waals surface area (Å²) in [6.07, 6.45) is 10.3. The molecule has 2 aromatic carbocycles. The molecule has 0 radical (unpaired) electrons. The lowest BCUT2D eigenvalue weighted by atomic mass is 10.1. The molecule has 216 valence electrons. The normalized spacial score (nSPS) is 17.9. The highest BCUT2D eigenvalue weighted by molar-refractivity contribution is 5.87. The molecule has 0 unspecified atom stereocenters. The van der Waals surface area contributed by atoms with Gasteiger partial charge in [-0.2, -0.15) is 0 Å². The van der Waals surface area contributed by atoms with Crippen molar-refractivity contribution < 1.29 is 13.9 Å². The first-order chi connectivity index (χ1) is 20.3. The van der Waals surface area contributed by atoms with E-state index in [0.29, 0.717) is 12.5 Å². The van der Waals surface area contributed by atoms with E-state index in [1.54, 1.807) is 4.90 Å². The third kappa shape index (κ3) is 5.22. The zero-order valence-corrected chi connectivity index (χ0v) is 24.4. The van der Waals surface area contributed by atoms with E-state index < -0.39 is 5.60 Å². The molecule has 1 saturated carbocycles. The summed E-state index contributed by atoms with van der Waals surface area (Å²) < 4.78 is 11.9. The van der Waals surface area contributed by atoms with Crippen LogP contribution in [0, 0.1) is 0 Å². The maximum Gasteiger partial charge on any atom is 0.410 e. The smallest absolute Gasteiger partial charge is 0.410 e. The molecule has 3 aromatic heterocycles. The standard InChI is InChI=1S/C34H37N5O3/c1-34(2,3)42-33(40)39-16-6-9-28(39)32-36-20-27(38-32)24-14-15-29-25(17-24)18-30(41-29)22-12-10-21(11-13-22)26-19-35-31(37-26)23-7-4-5-8-23/h10-15,17-20,23,28H,4-9,16H2,1-3H3,(H,35,37)(H,36,38)/t28-/m0/s1. The Morgan fingerprint density at radius 3 is 2.29 bits per heavy atom. The first-order valence-corrected chi connectivity index (χ1v) is 15.0. The Labute approximate surface area is 245 Å². The minimum absolute atomic E-state index is 0.114. The maximum absolute atomic E-state index is 12.8. The topological polar surface area (TPSA) is 100 Å². The number of aromatic nitrogens is 4. The molecule has 1 atom stereocenters. The van der Waals surface area contributed by atoms with E-state index >= 15 is 0 Å². The number of carbonyl (C=O) groups is 1. The Hall–Kier alpha value is -4.33. The minimum Gasteiger partial charge on any atom is -0.456 e. The molecule has 7 rings (SSSR count). The van der Waals surface area contributed by atoms with E-state index in [9.17, 15) is 4.79 Å². The lowest BCUT2D eigenvalue weighted by Crippen LogP contribution is -2.36. The fraction of sp³-hybridized carbons (Fsp3) is 0.382. The average Bonchev–Trinajstić information content (AvgIpc) is 3.79. The third-order valence-corrected chi connectivity index (χ3v) is 8.44. The first kappa shape index (κ1) is 26.6. The molecular weight excluding hydrogens is 526 g/mol. The third-order valence-electron chi connectivity index (χ3n) is 8.44. The molecule has 8 heteroatoms. The van der Waals surface area contributed by atoms with Crippen molar-refractivity contribution >= 4 is 17.1 Å². The van der Waals surface area contributed by atoms with Gasteiger partial charge in [0.15, 0.2) is 0 Å². The molecule has 1 saturated heterocycles. The number of furan rings is 1. The van der Waals surface area contributed by atoms with Crippen LogP contribution in [0.1, 0.15) is 82.9 Å². The van der Waals surface area contributed by atoms with E-state index in [4.69, 9.17) is 9.15 Å². The second kappa shape index (κ2) is 10.5. The van der Waals surface area contributed by atoms with Crippen molar-refractivity contribution in [3.8, 4) is 33.8 Å². The molecule has 4 heterocycles. The maximum atomic E-state index is 12.8. The molecule has 8 nitrogen and oxygen atoms in total. The molecule has 5 aromatic rings. The molecule has 1 aliphatic heterocycles. The molecule has 0 spiro atoms. The second-order valence-corrected chi connectivity index (χ2v) is 12.6. The van der Waals surface area contributed by atoms with Crippen molar-refractivity contribution in [2.75, 3.05) is 6.54 Å². The van der Waals surface area contributed by atoms with Gasteiger partial charge in [0.05, 0.1) is 29.8 Å². The van der Waals surface area contributed by atoms with Gasteiger partial charge in [-0.25, -0.2) is 14.8 Å². The molecule has 1 amide bonds. The van der Waals surface area contributed by atoms with E-state index in [0.717, 1.165) is 69.3 Å². The SMILES string of the molecule is CC(C)(C)OC(=O)N1CCC[C@H]1c1ncc(-c2ccc3oc(-c4ccc(-c5cnc(C6CCCC6)[nH]5)cc4)cc3c2)[nH]1. The molecule has 42 heavy (non-hydrogen) atoms. The largest absolute Gasteiger partial charge is 0.456 e. The van der Waals surface area contributed by atoms with Crippen molar-refractivity contribution in [3.63, 3.8) is 0 Å². The summed E-state index contributed by atoms with van der Waals surface area (Å²) in [5.41, 5.74) is 5.44. The number of nitrogens with one attached hydrogen (secondary N) is 2. The number of imidazole rings is 2. The molecule has 1 aliphatic carbocycles. The van der Waals surface area contributed by atoms with Crippen molar-refractivity contribution in [1.29, 1.82) is 0 Å². The number of aromatic amines is 2. The first-order valence-electron chi connectivity index (χ1n) is 15.0. The predicted octanol–water partition coefficient (Wildman–Crippen LogP) is 8.61. The number of hydrogen-bond donors (Lipinski definition) is 2. The van der Waals surface area contributed by atoms with Crippen LogP contribution in [0.3, 0.4) is 0 Å². The van der Waals surface area contributed by atoms with E-state index in [-0.39, 0.29) is 12.1 Å². The predicted molar refractivity (Wildman–Crippen MR) is 163 cm³/mol. The number of ether oxygens (including phenoxy) is 1. The van der Waals surface area contributed by atoms with Crippen molar-refractivity contribution in [3.05, 3.63) is 72.6 Å². The van der Waals surface area contributed by atoms with Crippen LogP contribution in [0.5, 0.6) is 0 Å². The fourth-order valence-electron chi connectivity index (χ4n) is 6.30. The summed E-state index contributed by atoms with van der Waals surface area (Å²) in [6.45, 7) is 6.34. The van der Waals surface area contributed by atoms with Gasteiger partial charge in [0.1, 0.15) is 28.6 Å². The number of H-pyrrole nitrogens is 2. The Bertz CT molecular complexity index is 1720. The Morgan fingerprint density at radius 1 is 0.857 bits per heavy atom. The summed E-state index contributed by atoms with van der Waals surface area (Å²) in [7, 11) is 0. The van der Waals surface area contributed by atoms with Crippen LogP contribution in [0.25, 0.3) is 44.8 Å². The second-order valence-electron chi connectivity index (χ2n) is 12.6. The quantitative estimate of drug-likeness (QED) is 0.223. The van der Waals surface area contributed by atoms with E-state index in [1.807, 2.05) is 45.3 Å². The van der Waals surface area contributed by atoms with Gasteiger partial charge in [0, 0.05) is 29.0 Å². The van der Waals surface area contributed by atoms with Crippen LogP contribution >= 0.6 is 0 Å². The van der Waals surface area contributed by atoms with Crippen LogP contribution < -0.4 is 0 Å². The van der Waals surface area contributed by atoms with Crippen molar-refractivity contribution in [2.24, 2.45) is 0 Å². The van der Waals surface area contributed by atoms with E-state index in [2.05, 4.69) is 56.3 Å². The molecule has 2 aliphatic rings. The summed E-state index contributed by atoms with van der Waals surface area (Å²) in [5, 5.41) is 1.02. The van der Waals surface area contributed by atoms with Gasteiger partial charge in [-0.15, -0.1) is 0 Å². The molecule has 2 N–H and O–H groups in total. The number of carbonyl (C=O) groups excluding carboxylic acids is 1. The Balaban J connectivity index is 1.08. The summed E-state index contributed by atoms with van der Waals surface area (Å²) in [4.78, 5) is 30.9. The number of fused-ring (bicyclic) bond motifs is 1. The highest BCUT2D eigenvalue weighted by Crippen LogP contribution is 2.36. The molecular formula is C34H37N5O3. The Kier molecular flexibility index (Phi) is 6.64. The van der Waals surface area contributed by atoms with Gasteiger partial charge >= 0.3 is 6.09 Å². The van der Waals surface area contributed by atoms with Crippen LogP contribution in [-0.4, -0.2) is 43.1 Å². The average molecular weight is 564 g/mol. The van der Waals surface area contributed by atoms with Gasteiger partial charge in [0.25, 0.3) is 0 Å². The van der Waals surface area contributed by atoms with Crippen LogP contribution in [-0.2, 0) is 4.74 Å². The van der Waals surface area contributed by atoms with Gasteiger partial charge in [-0.1, -0.05) is 37.1 Å². The molecule has 0 bridgehead atoms. The van der Waals surface area contributed by atoms with Crippen molar-refractivity contribution in [1.82, 2.24) is 24.8 Å². The monoisotopic (exact) mass is 563 g/mol. The molecule has 2 fully saturated rings. The van der Waals surface area contributed by atoms with Crippen LogP contribution in [0.2, 0.25) is 0 Å². The van der Waals surface area contributed by atoms with E-state index in [1.165, 1.54) is 25.7 Å². The van der Waals surface area contributed by atoms with Gasteiger partial charge < -0.3 is 19.1 Å². The number of rotatable bonds is 5. The summed E-state index contributed by atoms with van der Waals surface area (Å²) in [6, 6.07) is 16.6. The van der Waals surface area contributed by atoms with Gasteiger partial charge in [-0.05, 0) is 76.3 Å². The number of hydrogen-bond acceptors (Lipinski definition) is 5. The minimum atomic E-state index is -0.530. The highest BCUT2D eigenvalue weighted by Gasteiger charge is 2.35. The van der Waals surface area contributed by atoms with Gasteiger partial charge in [0.2, 0.25) is 0 Å². The number of likely N-dealkylation sites (tertiary alicyclic amines) is 1. The summed E-state index contributed by atoms with van der Waals surface area (Å²) in [5.74, 6) is 3.30. The highest BCUT2D eigenvalue weighted by atomic mass is 16.6.